The number of benzene rings is 1. The van der Waals surface area contributed by atoms with Crippen LogP contribution in [0.5, 0.6) is 0 Å². The Morgan fingerprint density at radius 2 is 2.10 bits per heavy atom. The van der Waals surface area contributed by atoms with Crippen LogP contribution in [-0.4, -0.2) is 39.4 Å². The third-order valence-corrected chi connectivity index (χ3v) is 5.78. The molecule has 0 bridgehead atoms. The topological polar surface area (TPSA) is 89.7 Å². The van der Waals surface area contributed by atoms with Gasteiger partial charge < -0.3 is 10.5 Å². The van der Waals surface area contributed by atoms with E-state index in [9.17, 15) is 13.2 Å². The lowest BCUT2D eigenvalue weighted by Crippen LogP contribution is -2.30. The molecule has 1 aromatic carbocycles. The standard InChI is InChI=1S/C14H20N2O4S/c1-9-6-11(9)8-16(2)21(18,19)13-5-4-10(7-12(13)15)14(17)20-3/h4-5,7,9,11H,6,8,15H2,1-3H3. The molecule has 2 atom stereocenters. The Balaban J connectivity index is 2.25. The second-order valence-electron chi connectivity index (χ2n) is 5.50. The van der Waals surface area contributed by atoms with E-state index in [0.717, 1.165) is 6.42 Å². The number of nitrogen functional groups attached to an aromatic ring is 1. The van der Waals surface area contributed by atoms with Crippen LogP contribution in [0.1, 0.15) is 23.7 Å². The predicted octanol–water partition coefficient (Wildman–Crippen LogP) is 1.33. The number of carbonyl (C=O) groups excluding carboxylic acids is 1. The largest absolute Gasteiger partial charge is 0.465 e. The van der Waals surface area contributed by atoms with Crippen LogP contribution >= 0.6 is 0 Å². The zero-order valence-corrected chi connectivity index (χ0v) is 13.2. The lowest BCUT2D eigenvalue weighted by Gasteiger charge is -2.18. The summed E-state index contributed by atoms with van der Waals surface area (Å²) >= 11 is 0. The fraction of sp³-hybridized carbons (Fsp3) is 0.500. The minimum atomic E-state index is -3.64. The number of esters is 1. The number of rotatable bonds is 5. The lowest BCUT2D eigenvalue weighted by atomic mass is 10.2. The average molecular weight is 312 g/mol. The molecule has 0 saturated heterocycles. The van der Waals surface area contributed by atoms with Crippen LogP contribution in [0.2, 0.25) is 0 Å². The van der Waals surface area contributed by atoms with Crippen LogP contribution in [-0.2, 0) is 14.8 Å². The second kappa shape index (κ2) is 5.65. The Kier molecular flexibility index (Phi) is 4.25. The van der Waals surface area contributed by atoms with Crippen LogP contribution in [0.25, 0.3) is 0 Å². The maximum Gasteiger partial charge on any atom is 0.337 e. The second-order valence-corrected chi connectivity index (χ2v) is 7.52. The highest BCUT2D eigenvalue weighted by Crippen LogP contribution is 2.39. The van der Waals surface area contributed by atoms with Gasteiger partial charge in [-0.1, -0.05) is 6.92 Å². The first-order chi connectivity index (χ1) is 9.77. The number of ether oxygens (including phenoxy) is 1. The van der Waals surface area contributed by atoms with Crippen LogP contribution in [0.15, 0.2) is 23.1 Å². The minimum Gasteiger partial charge on any atom is -0.465 e. The van der Waals surface area contributed by atoms with E-state index in [2.05, 4.69) is 11.7 Å². The van der Waals surface area contributed by atoms with Gasteiger partial charge in [0.25, 0.3) is 0 Å². The maximum absolute atomic E-state index is 12.5. The molecule has 0 amide bonds. The zero-order valence-electron chi connectivity index (χ0n) is 12.4. The molecule has 1 aliphatic carbocycles. The van der Waals surface area contributed by atoms with Gasteiger partial charge in [0.15, 0.2) is 0 Å². The van der Waals surface area contributed by atoms with Gasteiger partial charge in [-0.15, -0.1) is 0 Å². The van der Waals surface area contributed by atoms with E-state index in [0.29, 0.717) is 18.4 Å². The van der Waals surface area contributed by atoms with E-state index in [1.807, 2.05) is 0 Å². The molecule has 0 aromatic heterocycles. The summed E-state index contributed by atoms with van der Waals surface area (Å²) in [6.07, 6.45) is 1.05. The molecule has 1 fully saturated rings. The van der Waals surface area contributed by atoms with Gasteiger partial charge in [-0.05, 0) is 36.5 Å². The van der Waals surface area contributed by atoms with Crippen molar-refractivity contribution in [3.05, 3.63) is 23.8 Å². The number of hydrogen-bond acceptors (Lipinski definition) is 5. The lowest BCUT2D eigenvalue weighted by molar-refractivity contribution is 0.0600. The van der Waals surface area contributed by atoms with Gasteiger partial charge in [0.2, 0.25) is 10.0 Å². The van der Waals surface area contributed by atoms with E-state index in [-0.39, 0.29) is 16.1 Å². The highest BCUT2D eigenvalue weighted by Gasteiger charge is 2.36. The van der Waals surface area contributed by atoms with E-state index in [1.54, 1.807) is 7.05 Å². The summed E-state index contributed by atoms with van der Waals surface area (Å²) in [5, 5.41) is 0. The minimum absolute atomic E-state index is 0.0194. The van der Waals surface area contributed by atoms with Gasteiger partial charge >= 0.3 is 5.97 Å². The fourth-order valence-corrected chi connectivity index (χ4v) is 3.60. The number of sulfonamides is 1. The summed E-state index contributed by atoms with van der Waals surface area (Å²) in [6, 6.07) is 4.08. The zero-order chi connectivity index (χ0) is 15.8. The molecule has 2 unspecified atom stereocenters. The van der Waals surface area contributed by atoms with Crippen molar-refractivity contribution < 1.29 is 17.9 Å². The molecule has 0 heterocycles. The summed E-state index contributed by atoms with van der Waals surface area (Å²) in [5.41, 5.74) is 6.08. The van der Waals surface area contributed by atoms with Crippen LogP contribution < -0.4 is 5.73 Å². The molecule has 6 nitrogen and oxygen atoms in total. The Labute approximate surface area is 124 Å². The first-order valence-electron chi connectivity index (χ1n) is 6.71. The average Bonchev–Trinajstić information content (AvgIpc) is 3.12. The molecule has 2 N–H and O–H groups in total. The normalized spacial score (nSPS) is 21.3. The molecule has 2 rings (SSSR count). The molecule has 0 aliphatic heterocycles. The van der Waals surface area contributed by atoms with Crippen molar-refractivity contribution in [1.82, 2.24) is 4.31 Å². The summed E-state index contributed by atoms with van der Waals surface area (Å²) in [7, 11) is -0.834. The molecule has 1 aromatic rings. The van der Waals surface area contributed by atoms with Crippen molar-refractivity contribution >= 4 is 21.7 Å². The predicted molar refractivity (Wildman–Crippen MR) is 79.3 cm³/mol. The van der Waals surface area contributed by atoms with Gasteiger partial charge in [0.05, 0.1) is 18.4 Å². The van der Waals surface area contributed by atoms with Gasteiger partial charge in [-0.3, -0.25) is 0 Å². The number of carbonyl (C=O) groups is 1. The molecule has 7 heteroatoms. The number of nitrogens with zero attached hydrogens (tertiary/aromatic N) is 1. The first kappa shape index (κ1) is 15.8. The fourth-order valence-electron chi connectivity index (χ4n) is 2.28. The van der Waals surface area contributed by atoms with Crippen LogP contribution in [0.3, 0.4) is 0 Å². The van der Waals surface area contributed by atoms with Crippen LogP contribution in [0, 0.1) is 11.8 Å². The third-order valence-electron chi connectivity index (χ3n) is 3.89. The molecule has 1 aliphatic rings. The van der Waals surface area contributed by atoms with E-state index in [4.69, 9.17) is 5.73 Å². The molecule has 1 saturated carbocycles. The maximum atomic E-state index is 12.5. The van der Waals surface area contributed by atoms with Gasteiger partial charge in [-0.2, -0.15) is 0 Å². The summed E-state index contributed by atoms with van der Waals surface area (Å²) in [6.45, 7) is 2.59. The monoisotopic (exact) mass is 312 g/mol. The van der Waals surface area contributed by atoms with Crippen molar-refractivity contribution in [3.63, 3.8) is 0 Å². The van der Waals surface area contributed by atoms with Gasteiger partial charge in [0, 0.05) is 13.6 Å². The Morgan fingerprint density at radius 1 is 1.48 bits per heavy atom. The van der Waals surface area contributed by atoms with Crippen molar-refractivity contribution in [2.45, 2.75) is 18.2 Å². The van der Waals surface area contributed by atoms with E-state index >= 15 is 0 Å². The molecular weight excluding hydrogens is 292 g/mol. The number of methoxy groups -OCH3 is 1. The number of anilines is 1. The molecule has 0 radical (unpaired) electrons. The van der Waals surface area contributed by atoms with E-state index in [1.165, 1.54) is 29.6 Å². The van der Waals surface area contributed by atoms with Gasteiger partial charge in [0.1, 0.15) is 4.90 Å². The van der Waals surface area contributed by atoms with Crippen molar-refractivity contribution in [3.8, 4) is 0 Å². The number of hydrogen-bond donors (Lipinski definition) is 1. The van der Waals surface area contributed by atoms with Gasteiger partial charge in [-0.25, -0.2) is 17.5 Å². The van der Waals surface area contributed by atoms with Crippen molar-refractivity contribution in [2.24, 2.45) is 11.8 Å². The Morgan fingerprint density at radius 3 is 2.57 bits per heavy atom. The highest BCUT2D eigenvalue weighted by atomic mass is 32.2. The Hall–Kier alpha value is -1.60. The first-order valence-corrected chi connectivity index (χ1v) is 8.15. The molecule has 116 valence electrons. The summed E-state index contributed by atoms with van der Waals surface area (Å²) < 4.78 is 30.9. The quantitative estimate of drug-likeness (QED) is 0.654. The molecular formula is C14H20N2O4S. The number of nitrogens with two attached hydrogens (primary N) is 1. The SMILES string of the molecule is COC(=O)c1ccc(S(=O)(=O)N(C)CC2CC2C)c(N)c1. The summed E-state index contributed by atoms with van der Waals surface area (Å²) in [4.78, 5) is 11.4. The van der Waals surface area contributed by atoms with Crippen LogP contribution in [0.4, 0.5) is 5.69 Å². The third kappa shape index (κ3) is 3.19. The van der Waals surface area contributed by atoms with E-state index < -0.39 is 16.0 Å². The van der Waals surface area contributed by atoms with Crippen molar-refractivity contribution in [2.75, 3.05) is 26.4 Å². The summed E-state index contributed by atoms with van der Waals surface area (Å²) in [5.74, 6) is 0.438. The Bertz CT molecular complexity index is 657. The highest BCUT2D eigenvalue weighted by molar-refractivity contribution is 7.89. The van der Waals surface area contributed by atoms with Crippen molar-refractivity contribution in [1.29, 1.82) is 0 Å². The smallest absolute Gasteiger partial charge is 0.337 e. The molecule has 21 heavy (non-hydrogen) atoms. The molecule has 0 spiro atoms.